The zero-order chi connectivity index (χ0) is 15.8. The van der Waals surface area contributed by atoms with Gasteiger partial charge in [0, 0.05) is 16.9 Å². The van der Waals surface area contributed by atoms with Crippen LogP contribution in [0.1, 0.15) is 42.3 Å². The van der Waals surface area contributed by atoms with Gasteiger partial charge in [0.1, 0.15) is 0 Å². The van der Waals surface area contributed by atoms with Crippen LogP contribution in [0.2, 0.25) is 0 Å². The van der Waals surface area contributed by atoms with Crippen molar-refractivity contribution in [3.63, 3.8) is 0 Å². The SMILES string of the molecule is O=C(C1CC1c1cccc(Br)c1)N1CCCC1c1ccccc1. The Morgan fingerprint density at radius 3 is 2.61 bits per heavy atom. The zero-order valence-electron chi connectivity index (χ0n) is 13.0. The molecule has 1 amide bonds. The average molecular weight is 370 g/mol. The molecule has 0 bridgehead atoms. The quantitative estimate of drug-likeness (QED) is 0.751. The second kappa shape index (κ2) is 6.12. The molecule has 3 unspecified atom stereocenters. The highest BCUT2D eigenvalue weighted by molar-refractivity contribution is 9.10. The Kier molecular flexibility index (Phi) is 3.98. The maximum Gasteiger partial charge on any atom is 0.226 e. The van der Waals surface area contributed by atoms with E-state index in [0.717, 1.165) is 30.3 Å². The minimum Gasteiger partial charge on any atom is -0.335 e. The highest BCUT2D eigenvalue weighted by Gasteiger charge is 2.47. The first kappa shape index (κ1) is 14.9. The van der Waals surface area contributed by atoms with Crippen molar-refractivity contribution in [2.75, 3.05) is 6.54 Å². The molecule has 1 saturated carbocycles. The van der Waals surface area contributed by atoms with Crippen molar-refractivity contribution in [3.8, 4) is 0 Å². The largest absolute Gasteiger partial charge is 0.335 e. The predicted octanol–water partition coefficient (Wildman–Crippen LogP) is 4.92. The molecule has 1 aliphatic heterocycles. The highest BCUT2D eigenvalue weighted by Crippen LogP contribution is 2.50. The summed E-state index contributed by atoms with van der Waals surface area (Å²) in [6, 6.07) is 19.1. The molecular weight excluding hydrogens is 350 g/mol. The Labute approximate surface area is 145 Å². The normalized spacial score (nSPS) is 26.3. The molecule has 2 fully saturated rings. The van der Waals surface area contributed by atoms with Crippen molar-refractivity contribution in [3.05, 3.63) is 70.2 Å². The number of carbonyl (C=O) groups excluding carboxylic acids is 1. The molecule has 1 aliphatic carbocycles. The van der Waals surface area contributed by atoms with Crippen LogP contribution in [0.4, 0.5) is 0 Å². The lowest BCUT2D eigenvalue weighted by Crippen LogP contribution is -2.32. The van der Waals surface area contributed by atoms with Crippen LogP contribution in [0.3, 0.4) is 0 Å². The van der Waals surface area contributed by atoms with Gasteiger partial charge in [-0.1, -0.05) is 58.4 Å². The Morgan fingerprint density at radius 2 is 1.83 bits per heavy atom. The molecule has 2 aromatic rings. The number of likely N-dealkylation sites (tertiary alicyclic amines) is 1. The second-order valence-corrected chi connectivity index (χ2v) is 7.52. The maximum absolute atomic E-state index is 13.0. The van der Waals surface area contributed by atoms with Crippen molar-refractivity contribution in [1.82, 2.24) is 4.90 Å². The molecule has 1 heterocycles. The molecule has 2 nitrogen and oxygen atoms in total. The first-order chi connectivity index (χ1) is 11.2. The molecule has 0 N–H and O–H groups in total. The van der Waals surface area contributed by atoms with Gasteiger partial charge in [-0.2, -0.15) is 0 Å². The Bertz CT molecular complexity index is 715. The van der Waals surface area contributed by atoms with Crippen molar-refractivity contribution >= 4 is 21.8 Å². The lowest BCUT2D eigenvalue weighted by atomic mass is 10.0. The molecule has 3 heteroatoms. The minimum absolute atomic E-state index is 0.175. The van der Waals surface area contributed by atoms with E-state index < -0.39 is 0 Å². The first-order valence-electron chi connectivity index (χ1n) is 8.35. The number of halogens is 1. The molecule has 23 heavy (non-hydrogen) atoms. The van der Waals surface area contributed by atoms with Gasteiger partial charge in [0.25, 0.3) is 0 Å². The number of rotatable bonds is 3. The van der Waals surface area contributed by atoms with Crippen molar-refractivity contribution < 1.29 is 4.79 Å². The Morgan fingerprint density at radius 1 is 1.04 bits per heavy atom. The van der Waals surface area contributed by atoms with Gasteiger partial charge in [-0.05, 0) is 48.4 Å². The number of carbonyl (C=O) groups is 1. The van der Waals surface area contributed by atoms with Crippen molar-refractivity contribution in [2.45, 2.75) is 31.2 Å². The van der Waals surface area contributed by atoms with Gasteiger partial charge in [0.15, 0.2) is 0 Å². The number of benzene rings is 2. The number of amides is 1. The van der Waals surface area contributed by atoms with Gasteiger partial charge in [-0.15, -0.1) is 0 Å². The van der Waals surface area contributed by atoms with Gasteiger partial charge in [-0.25, -0.2) is 0 Å². The standard InChI is InChI=1S/C20H20BrNO/c21-16-9-4-8-15(12-16)17-13-18(17)20(23)22-11-5-10-19(22)14-6-2-1-3-7-14/h1-4,6-9,12,17-19H,5,10-11,13H2. The molecule has 4 rings (SSSR count). The monoisotopic (exact) mass is 369 g/mol. The van der Waals surface area contributed by atoms with Crippen LogP contribution in [0.15, 0.2) is 59.1 Å². The van der Waals surface area contributed by atoms with Gasteiger partial charge >= 0.3 is 0 Å². The molecule has 2 aromatic carbocycles. The third kappa shape index (κ3) is 2.94. The first-order valence-corrected chi connectivity index (χ1v) is 9.14. The van der Waals surface area contributed by atoms with Gasteiger partial charge < -0.3 is 4.90 Å². The van der Waals surface area contributed by atoms with E-state index in [0.29, 0.717) is 11.8 Å². The van der Waals surface area contributed by atoms with Crippen LogP contribution in [0.5, 0.6) is 0 Å². The second-order valence-electron chi connectivity index (χ2n) is 6.60. The van der Waals surface area contributed by atoms with Crippen LogP contribution in [-0.4, -0.2) is 17.4 Å². The van der Waals surface area contributed by atoms with Crippen LogP contribution < -0.4 is 0 Å². The third-order valence-electron chi connectivity index (χ3n) is 5.10. The Hall–Kier alpha value is -1.61. The third-order valence-corrected chi connectivity index (χ3v) is 5.60. The van der Waals surface area contributed by atoms with Crippen LogP contribution in [0.25, 0.3) is 0 Å². The lowest BCUT2D eigenvalue weighted by Gasteiger charge is -2.25. The Balaban J connectivity index is 1.49. The predicted molar refractivity (Wildman–Crippen MR) is 95.1 cm³/mol. The highest BCUT2D eigenvalue weighted by atomic mass is 79.9. The van der Waals surface area contributed by atoms with Crippen LogP contribution in [-0.2, 0) is 4.79 Å². The fraction of sp³-hybridized carbons (Fsp3) is 0.350. The molecule has 0 spiro atoms. The minimum atomic E-state index is 0.175. The summed E-state index contributed by atoms with van der Waals surface area (Å²) in [5, 5.41) is 0. The van der Waals surface area contributed by atoms with Gasteiger partial charge in [0.2, 0.25) is 5.91 Å². The molecule has 118 valence electrons. The number of hydrogen-bond donors (Lipinski definition) is 0. The maximum atomic E-state index is 13.0. The van der Waals surface area contributed by atoms with Crippen LogP contribution in [0, 0.1) is 5.92 Å². The number of hydrogen-bond acceptors (Lipinski definition) is 1. The van der Waals surface area contributed by atoms with Crippen molar-refractivity contribution in [1.29, 1.82) is 0 Å². The summed E-state index contributed by atoms with van der Waals surface area (Å²) in [5.74, 6) is 0.923. The summed E-state index contributed by atoms with van der Waals surface area (Å²) >= 11 is 3.53. The van der Waals surface area contributed by atoms with Gasteiger partial charge in [0.05, 0.1) is 6.04 Å². The van der Waals surface area contributed by atoms with E-state index in [1.54, 1.807) is 0 Å². The molecule has 3 atom stereocenters. The molecule has 2 aliphatic rings. The average Bonchev–Trinajstić information content (AvgIpc) is 3.23. The smallest absolute Gasteiger partial charge is 0.226 e. The van der Waals surface area contributed by atoms with E-state index in [9.17, 15) is 4.79 Å². The van der Waals surface area contributed by atoms with E-state index in [-0.39, 0.29) is 12.0 Å². The topological polar surface area (TPSA) is 20.3 Å². The molecular formula is C20H20BrNO. The zero-order valence-corrected chi connectivity index (χ0v) is 14.6. The van der Waals surface area contributed by atoms with E-state index >= 15 is 0 Å². The summed E-state index contributed by atoms with van der Waals surface area (Å²) in [5.41, 5.74) is 2.56. The van der Waals surface area contributed by atoms with Crippen LogP contribution >= 0.6 is 15.9 Å². The number of nitrogens with zero attached hydrogens (tertiary/aromatic N) is 1. The van der Waals surface area contributed by atoms with E-state index in [1.165, 1.54) is 11.1 Å². The summed E-state index contributed by atoms with van der Waals surface area (Å²) in [6.45, 7) is 0.903. The molecule has 0 aromatic heterocycles. The summed E-state index contributed by atoms with van der Waals surface area (Å²) in [7, 11) is 0. The lowest BCUT2D eigenvalue weighted by molar-refractivity contribution is -0.133. The fourth-order valence-electron chi connectivity index (χ4n) is 3.84. The summed E-state index contributed by atoms with van der Waals surface area (Å²) in [4.78, 5) is 15.1. The molecule has 1 saturated heterocycles. The van der Waals surface area contributed by atoms with E-state index in [2.05, 4.69) is 63.3 Å². The van der Waals surface area contributed by atoms with E-state index in [1.807, 2.05) is 12.1 Å². The molecule has 0 radical (unpaired) electrons. The summed E-state index contributed by atoms with van der Waals surface area (Å²) < 4.78 is 1.09. The fourth-order valence-corrected chi connectivity index (χ4v) is 4.26. The van der Waals surface area contributed by atoms with Gasteiger partial charge in [-0.3, -0.25) is 4.79 Å². The van der Waals surface area contributed by atoms with Crippen molar-refractivity contribution in [2.24, 2.45) is 5.92 Å². The summed E-state index contributed by atoms with van der Waals surface area (Å²) in [6.07, 6.45) is 3.19. The van der Waals surface area contributed by atoms with E-state index in [4.69, 9.17) is 0 Å².